The SMILES string of the molecule is CCCC[C@@H](N=C1C[C@H]2CC[C@]1(C)C2(C)C)C(=O)OCC. The number of hydrogen-bond donors (Lipinski definition) is 0. The van der Waals surface area contributed by atoms with Crippen molar-refractivity contribution in [2.24, 2.45) is 21.7 Å². The van der Waals surface area contributed by atoms with Crippen molar-refractivity contribution in [3.05, 3.63) is 0 Å². The van der Waals surface area contributed by atoms with Crippen molar-refractivity contribution in [3.8, 4) is 0 Å². The summed E-state index contributed by atoms with van der Waals surface area (Å²) in [6.07, 6.45) is 6.54. The number of ether oxygens (including phenoxy) is 1. The minimum atomic E-state index is -0.285. The van der Waals surface area contributed by atoms with E-state index in [1.807, 2.05) is 6.92 Å². The number of carbonyl (C=O) groups excluding carboxylic acids is 1. The lowest BCUT2D eigenvalue weighted by Gasteiger charge is -2.35. The van der Waals surface area contributed by atoms with E-state index >= 15 is 0 Å². The van der Waals surface area contributed by atoms with Crippen molar-refractivity contribution in [1.29, 1.82) is 0 Å². The highest BCUT2D eigenvalue weighted by molar-refractivity contribution is 5.96. The van der Waals surface area contributed by atoms with Gasteiger partial charge in [-0.15, -0.1) is 0 Å². The Morgan fingerprint density at radius 2 is 2.10 bits per heavy atom. The van der Waals surface area contributed by atoms with Crippen LogP contribution in [0.15, 0.2) is 4.99 Å². The van der Waals surface area contributed by atoms with Crippen LogP contribution in [-0.4, -0.2) is 24.3 Å². The highest BCUT2D eigenvalue weighted by atomic mass is 16.5. The second-order valence-corrected chi connectivity index (χ2v) is 7.48. The Morgan fingerprint density at radius 3 is 2.57 bits per heavy atom. The van der Waals surface area contributed by atoms with Crippen molar-refractivity contribution < 1.29 is 9.53 Å². The molecule has 21 heavy (non-hydrogen) atoms. The Labute approximate surface area is 129 Å². The van der Waals surface area contributed by atoms with Gasteiger partial charge in [-0.1, -0.05) is 40.5 Å². The van der Waals surface area contributed by atoms with Crippen LogP contribution >= 0.6 is 0 Å². The molecule has 0 amide bonds. The maximum absolute atomic E-state index is 12.2. The summed E-state index contributed by atoms with van der Waals surface area (Å²) in [7, 11) is 0. The van der Waals surface area contributed by atoms with Crippen LogP contribution < -0.4 is 0 Å². The molecule has 2 saturated carbocycles. The minimum Gasteiger partial charge on any atom is -0.464 e. The van der Waals surface area contributed by atoms with Crippen LogP contribution in [0.2, 0.25) is 0 Å². The molecule has 2 rings (SSSR count). The Kier molecular flexibility index (Phi) is 4.79. The van der Waals surface area contributed by atoms with E-state index in [1.165, 1.54) is 18.6 Å². The number of rotatable bonds is 6. The first-order chi connectivity index (χ1) is 9.86. The molecule has 120 valence electrons. The molecule has 3 atom stereocenters. The van der Waals surface area contributed by atoms with Crippen LogP contribution in [-0.2, 0) is 9.53 Å². The Morgan fingerprint density at radius 1 is 1.38 bits per heavy atom. The van der Waals surface area contributed by atoms with Crippen molar-refractivity contribution in [2.75, 3.05) is 6.61 Å². The van der Waals surface area contributed by atoms with Gasteiger partial charge in [0.1, 0.15) is 6.04 Å². The summed E-state index contributed by atoms with van der Waals surface area (Å²) < 4.78 is 5.23. The third kappa shape index (κ3) is 2.76. The van der Waals surface area contributed by atoms with Gasteiger partial charge < -0.3 is 4.74 Å². The van der Waals surface area contributed by atoms with Crippen LogP contribution in [0.3, 0.4) is 0 Å². The molecular weight excluding hydrogens is 262 g/mol. The molecule has 2 aliphatic rings. The zero-order valence-electron chi connectivity index (χ0n) is 14.4. The zero-order chi connectivity index (χ0) is 15.7. The van der Waals surface area contributed by atoms with Gasteiger partial charge in [0.2, 0.25) is 0 Å². The third-order valence-electron chi connectivity index (χ3n) is 6.21. The zero-order valence-corrected chi connectivity index (χ0v) is 14.4. The highest BCUT2D eigenvalue weighted by Gasteiger charge is 2.59. The standard InChI is InChI=1S/C18H31NO2/c1-6-8-9-14(16(20)21-7-2)19-15-12-13-10-11-18(15,5)17(13,3)4/h13-14H,6-12H2,1-5H3/t13-,14-,18+/m1/s1. The van der Waals surface area contributed by atoms with Crippen molar-refractivity contribution in [1.82, 2.24) is 0 Å². The van der Waals surface area contributed by atoms with Gasteiger partial charge in [0, 0.05) is 11.1 Å². The molecule has 0 heterocycles. The Balaban J connectivity index is 2.21. The number of esters is 1. The summed E-state index contributed by atoms with van der Waals surface area (Å²) in [5, 5.41) is 0. The molecule has 0 aromatic heterocycles. The molecule has 0 unspecified atom stereocenters. The molecule has 0 aliphatic heterocycles. The fourth-order valence-electron chi connectivity index (χ4n) is 4.18. The molecule has 3 heteroatoms. The second kappa shape index (κ2) is 6.10. The van der Waals surface area contributed by atoms with Crippen molar-refractivity contribution in [2.45, 2.75) is 79.2 Å². The number of unbranched alkanes of at least 4 members (excludes halogenated alkanes) is 1. The first kappa shape index (κ1) is 16.5. The highest BCUT2D eigenvalue weighted by Crippen LogP contribution is 2.64. The van der Waals surface area contributed by atoms with Gasteiger partial charge in [0.05, 0.1) is 6.61 Å². The number of fused-ring (bicyclic) bond motifs is 2. The number of nitrogens with zero attached hydrogens (tertiary/aromatic N) is 1. The summed E-state index contributed by atoms with van der Waals surface area (Å²) in [6.45, 7) is 11.6. The molecule has 0 spiro atoms. The summed E-state index contributed by atoms with van der Waals surface area (Å²) >= 11 is 0. The predicted octanol–water partition coefficient (Wildman–Crippen LogP) is 4.40. The van der Waals surface area contributed by atoms with Gasteiger partial charge in [-0.3, -0.25) is 4.99 Å². The average molecular weight is 293 g/mol. The van der Waals surface area contributed by atoms with Crippen LogP contribution in [0.25, 0.3) is 0 Å². The number of carbonyl (C=O) groups is 1. The van der Waals surface area contributed by atoms with E-state index < -0.39 is 0 Å². The molecule has 2 aliphatic carbocycles. The molecule has 0 aromatic carbocycles. The lowest BCUT2D eigenvalue weighted by atomic mass is 9.70. The topological polar surface area (TPSA) is 38.7 Å². The first-order valence-corrected chi connectivity index (χ1v) is 8.60. The summed E-state index contributed by atoms with van der Waals surface area (Å²) in [6, 6.07) is -0.285. The van der Waals surface area contributed by atoms with Crippen molar-refractivity contribution in [3.63, 3.8) is 0 Å². The largest absolute Gasteiger partial charge is 0.464 e. The third-order valence-corrected chi connectivity index (χ3v) is 6.21. The normalized spacial score (nSPS) is 33.4. The van der Waals surface area contributed by atoms with Gasteiger partial charge in [-0.05, 0) is 43.9 Å². The van der Waals surface area contributed by atoms with Gasteiger partial charge in [0.15, 0.2) is 0 Å². The lowest BCUT2D eigenvalue weighted by molar-refractivity contribution is -0.144. The van der Waals surface area contributed by atoms with Crippen LogP contribution in [0, 0.1) is 16.7 Å². The Bertz CT molecular complexity index is 427. The predicted molar refractivity (Wildman–Crippen MR) is 86.6 cm³/mol. The number of hydrogen-bond acceptors (Lipinski definition) is 3. The molecule has 2 bridgehead atoms. The van der Waals surface area contributed by atoms with E-state index in [-0.39, 0.29) is 17.4 Å². The minimum absolute atomic E-state index is 0.136. The van der Waals surface area contributed by atoms with E-state index in [2.05, 4.69) is 27.7 Å². The molecule has 2 fully saturated rings. The maximum atomic E-state index is 12.2. The van der Waals surface area contributed by atoms with E-state index in [0.29, 0.717) is 12.0 Å². The van der Waals surface area contributed by atoms with E-state index in [0.717, 1.165) is 31.6 Å². The molecule has 0 saturated heterocycles. The van der Waals surface area contributed by atoms with Gasteiger partial charge in [-0.25, -0.2) is 4.79 Å². The fraction of sp³-hybridized carbons (Fsp3) is 0.889. The summed E-state index contributed by atoms with van der Waals surface area (Å²) in [5.74, 6) is 0.595. The number of aliphatic imine (C=N–C) groups is 1. The van der Waals surface area contributed by atoms with Crippen LogP contribution in [0.4, 0.5) is 0 Å². The van der Waals surface area contributed by atoms with Crippen LogP contribution in [0.1, 0.15) is 73.1 Å². The average Bonchev–Trinajstić information content (AvgIpc) is 2.76. The fourth-order valence-corrected chi connectivity index (χ4v) is 4.18. The smallest absolute Gasteiger partial charge is 0.330 e. The summed E-state index contributed by atoms with van der Waals surface area (Å²) in [4.78, 5) is 17.1. The molecule has 0 radical (unpaired) electrons. The van der Waals surface area contributed by atoms with E-state index in [1.54, 1.807) is 0 Å². The molecule has 0 N–H and O–H groups in total. The lowest BCUT2D eigenvalue weighted by Crippen LogP contribution is -2.34. The molecular formula is C18H31NO2. The van der Waals surface area contributed by atoms with E-state index in [4.69, 9.17) is 9.73 Å². The molecule has 0 aromatic rings. The molecule has 3 nitrogen and oxygen atoms in total. The van der Waals surface area contributed by atoms with Crippen molar-refractivity contribution >= 4 is 11.7 Å². The van der Waals surface area contributed by atoms with E-state index in [9.17, 15) is 4.79 Å². The first-order valence-electron chi connectivity index (χ1n) is 8.60. The van der Waals surface area contributed by atoms with Gasteiger partial charge in [0.25, 0.3) is 0 Å². The second-order valence-electron chi connectivity index (χ2n) is 7.48. The monoisotopic (exact) mass is 293 g/mol. The maximum Gasteiger partial charge on any atom is 0.330 e. The van der Waals surface area contributed by atoms with Gasteiger partial charge in [-0.2, -0.15) is 0 Å². The van der Waals surface area contributed by atoms with Crippen LogP contribution in [0.5, 0.6) is 0 Å². The van der Waals surface area contributed by atoms with Gasteiger partial charge >= 0.3 is 5.97 Å². The quantitative estimate of drug-likeness (QED) is 0.681. The Hall–Kier alpha value is -0.860. The summed E-state index contributed by atoms with van der Waals surface area (Å²) in [5.41, 5.74) is 1.77.